The SMILES string of the molecule is Cc1cnc(CNc2ccc(C(=O)O)cc2[N+](=O)[O-])s1. The normalized spacial score (nSPS) is 10.2. The zero-order valence-corrected chi connectivity index (χ0v) is 11.3. The van der Waals surface area contributed by atoms with E-state index in [1.165, 1.54) is 23.5 Å². The van der Waals surface area contributed by atoms with Gasteiger partial charge in [0.2, 0.25) is 0 Å². The Bertz CT molecular complexity index is 668. The number of benzene rings is 1. The first-order valence-corrected chi connectivity index (χ1v) is 6.46. The standard InChI is InChI=1S/C12H11N3O4S/c1-7-5-14-11(20-7)6-13-9-3-2-8(12(16)17)4-10(9)15(18)19/h2-5,13H,6H2,1H3,(H,16,17). The minimum atomic E-state index is -1.20. The molecule has 7 nitrogen and oxygen atoms in total. The number of anilines is 1. The molecule has 0 amide bonds. The van der Waals surface area contributed by atoms with Gasteiger partial charge in [-0.05, 0) is 19.1 Å². The largest absolute Gasteiger partial charge is 0.478 e. The molecule has 0 saturated heterocycles. The van der Waals surface area contributed by atoms with E-state index in [9.17, 15) is 14.9 Å². The molecule has 0 aliphatic carbocycles. The first-order chi connectivity index (χ1) is 9.47. The molecule has 0 atom stereocenters. The molecule has 8 heteroatoms. The van der Waals surface area contributed by atoms with Crippen LogP contribution in [0.15, 0.2) is 24.4 Å². The summed E-state index contributed by atoms with van der Waals surface area (Å²) >= 11 is 1.49. The van der Waals surface area contributed by atoms with Crippen LogP contribution in [0.1, 0.15) is 20.2 Å². The second kappa shape index (κ2) is 5.66. The lowest BCUT2D eigenvalue weighted by Gasteiger charge is -2.06. The average molecular weight is 293 g/mol. The summed E-state index contributed by atoms with van der Waals surface area (Å²) in [7, 11) is 0. The Labute approximate surface area is 118 Å². The fraction of sp³-hybridized carbons (Fsp3) is 0.167. The maximum absolute atomic E-state index is 11.0. The van der Waals surface area contributed by atoms with Crippen LogP contribution in [-0.2, 0) is 6.54 Å². The predicted octanol–water partition coefficient (Wildman–Crippen LogP) is 2.67. The van der Waals surface area contributed by atoms with Crippen molar-refractivity contribution >= 4 is 28.7 Å². The molecule has 1 aromatic heterocycles. The number of carboxylic acid groups (broad SMARTS) is 1. The van der Waals surface area contributed by atoms with Crippen LogP contribution in [0, 0.1) is 17.0 Å². The topological polar surface area (TPSA) is 105 Å². The maximum atomic E-state index is 11.0. The van der Waals surface area contributed by atoms with E-state index >= 15 is 0 Å². The molecule has 0 fully saturated rings. The Morgan fingerprint density at radius 1 is 1.55 bits per heavy atom. The maximum Gasteiger partial charge on any atom is 0.335 e. The van der Waals surface area contributed by atoms with Crippen LogP contribution in [0.5, 0.6) is 0 Å². The molecule has 2 N–H and O–H groups in total. The van der Waals surface area contributed by atoms with Crippen LogP contribution in [0.2, 0.25) is 0 Å². The molecule has 0 unspecified atom stereocenters. The van der Waals surface area contributed by atoms with Crippen molar-refractivity contribution in [3.63, 3.8) is 0 Å². The molecular weight excluding hydrogens is 282 g/mol. The highest BCUT2D eigenvalue weighted by Gasteiger charge is 2.17. The predicted molar refractivity (Wildman–Crippen MR) is 74.2 cm³/mol. The summed E-state index contributed by atoms with van der Waals surface area (Å²) < 4.78 is 0. The van der Waals surface area contributed by atoms with Crippen molar-refractivity contribution in [2.24, 2.45) is 0 Å². The molecule has 0 radical (unpaired) electrons. The lowest BCUT2D eigenvalue weighted by atomic mass is 10.1. The number of carboxylic acids is 1. The number of rotatable bonds is 5. The molecule has 104 valence electrons. The highest BCUT2D eigenvalue weighted by molar-refractivity contribution is 7.11. The molecule has 20 heavy (non-hydrogen) atoms. The van der Waals surface area contributed by atoms with Crippen molar-refractivity contribution in [2.75, 3.05) is 5.32 Å². The van der Waals surface area contributed by atoms with Gasteiger partial charge in [0.05, 0.1) is 17.0 Å². The van der Waals surface area contributed by atoms with Gasteiger partial charge in [0, 0.05) is 17.1 Å². The van der Waals surface area contributed by atoms with Crippen LogP contribution >= 0.6 is 11.3 Å². The second-order valence-corrected chi connectivity index (χ2v) is 5.33. The lowest BCUT2D eigenvalue weighted by Crippen LogP contribution is -2.04. The van der Waals surface area contributed by atoms with Gasteiger partial charge in [0.1, 0.15) is 10.7 Å². The zero-order chi connectivity index (χ0) is 14.7. The quantitative estimate of drug-likeness (QED) is 0.648. The van der Waals surface area contributed by atoms with Gasteiger partial charge in [-0.15, -0.1) is 11.3 Å². The number of hydrogen-bond acceptors (Lipinski definition) is 6. The van der Waals surface area contributed by atoms with Gasteiger partial charge in [-0.25, -0.2) is 9.78 Å². The molecule has 2 aromatic rings. The number of carbonyl (C=O) groups is 1. The lowest BCUT2D eigenvalue weighted by molar-refractivity contribution is -0.384. The number of nitro benzene ring substituents is 1. The number of nitro groups is 1. The average Bonchev–Trinajstić information content (AvgIpc) is 2.81. The van der Waals surface area contributed by atoms with Crippen molar-refractivity contribution < 1.29 is 14.8 Å². The van der Waals surface area contributed by atoms with Crippen LogP contribution in [-0.4, -0.2) is 21.0 Å². The van der Waals surface area contributed by atoms with Gasteiger partial charge in [0.15, 0.2) is 0 Å². The molecule has 0 bridgehead atoms. The Kier molecular flexibility index (Phi) is 3.94. The van der Waals surface area contributed by atoms with Crippen molar-refractivity contribution in [3.05, 3.63) is 50.0 Å². The van der Waals surface area contributed by atoms with Crippen LogP contribution in [0.4, 0.5) is 11.4 Å². The highest BCUT2D eigenvalue weighted by Crippen LogP contribution is 2.26. The van der Waals surface area contributed by atoms with Gasteiger partial charge in [-0.1, -0.05) is 0 Å². The number of aryl methyl sites for hydroxylation is 1. The first kappa shape index (κ1) is 13.9. The molecule has 0 spiro atoms. The first-order valence-electron chi connectivity index (χ1n) is 5.64. The zero-order valence-electron chi connectivity index (χ0n) is 10.5. The number of nitrogens with zero attached hydrogens (tertiary/aromatic N) is 2. The van der Waals surface area contributed by atoms with Gasteiger partial charge in [0.25, 0.3) is 5.69 Å². The van der Waals surface area contributed by atoms with Crippen molar-refractivity contribution in [2.45, 2.75) is 13.5 Å². The van der Waals surface area contributed by atoms with Crippen molar-refractivity contribution in [1.29, 1.82) is 0 Å². The van der Waals surface area contributed by atoms with Gasteiger partial charge >= 0.3 is 5.97 Å². The summed E-state index contributed by atoms with van der Waals surface area (Å²) in [4.78, 5) is 26.4. The van der Waals surface area contributed by atoms with E-state index in [0.29, 0.717) is 6.54 Å². The molecule has 1 aromatic carbocycles. The smallest absolute Gasteiger partial charge is 0.335 e. The van der Waals surface area contributed by atoms with E-state index in [-0.39, 0.29) is 16.9 Å². The van der Waals surface area contributed by atoms with E-state index in [1.807, 2.05) is 6.92 Å². The second-order valence-electron chi connectivity index (χ2n) is 4.01. The third-order valence-electron chi connectivity index (χ3n) is 2.54. The van der Waals surface area contributed by atoms with E-state index in [2.05, 4.69) is 10.3 Å². The van der Waals surface area contributed by atoms with E-state index in [0.717, 1.165) is 16.0 Å². The Hall–Kier alpha value is -2.48. The fourth-order valence-electron chi connectivity index (χ4n) is 1.62. The monoisotopic (exact) mass is 293 g/mol. The summed E-state index contributed by atoms with van der Waals surface area (Å²) in [5.74, 6) is -1.20. The number of aromatic carboxylic acids is 1. The number of nitrogens with one attached hydrogen (secondary N) is 1. The summed E-state index contributed by atoms with van der Waals surface area (Å²) in [6.45, 7) is 2.27. The van der Waals surface area contributed by atoms with Crippen LogP contribution < -0.4 is 5.32 Å². The fourth-order valence-corrected chi connectivity index (χ4v) is 2.35. The van der Waals surface area contributed by atoms with Gasteiger partial charge < -0.3 is 10.4 Å². The summed E-state index contributed by atoms with van der Waals surface area (Å²) in [5, 5.41) is 23.5. The Morgan fingerprint density at radius 2 is 2.30 bits per heavy atom. The van der Waals surface area contributed by atoms with Gasteiger partial charge in [-0.3, -0.25) is 10.1 Å². The highest BCUT2D eigenvalue weighted by atomic mass is 32.1. The van der Waals surface area contributed by atoms with Crippen LogP contribution in [0.3, 0.4) is 0 Å². The third kappa shape index (κ3) is 3.09. The van der Waals surface area contributed by atoms with Crippen molar-refractivity contribution in [3.8, 4) is 0 Å². The molecule has 1 heterocycles. The number of hydrogen-bond donors (Lipinski definition) is 2. The summed E-state index contributed by atoms with van der Waals surface area (Å²) in [6, 6.07) is 3.75. The van der Waals surface area contributed by atoms with Crippen LogP contribution in [0.25, 0.3) is 0 Å². The summed E-state index contributed by atoms with van der Waals surface area (Å²) in [6.07, 6.45) is 1.73. The molecule has 2 rings (SSSR count). The minimum Gasteiger partial charge on any atom is -0.478 e. The number of aromatic nitrogens is 1. The number of thiazole rings is 1. The van der Waals surface area contributed by atoms with E-state index < -0.39 is 10.9 Å². The Morgan fingerprint density at radius 3 is 2.85 bits per heavy atom. The molecule has 0 aliphatic heterocycles. The van der Waals surface area contributed by atoms with Gasteiger partial charge in [-0.2, -0.15) is 0 Å². The van der Waals surface area contributed by atoms with E-state index in [4.69, 9.17) is 5.11 Å². The third-order valence-corrected chi connectivity index (χ3v) is 3.45. The molecular formula is C12H11N3O4S. The Balaban J connectivity index is 2.22. The van der Waals surface area contributed by atoms with E-state index in [1.54, 1.807) is 6.20 Å². The molecule has 0 saturated carbocycles. The minimum absolute atomic E-state index is 0.118. The summed E-state index contributed by atoms with van der Waals surface area (Å²) in [5.41, 5.74) is -0.113. The molecule has 0 aliphatic rings. The van der Waals surface area contributed by atoms with Crippen molar-refractivity contribution in [1.82, 2.24) is 4.98 Å².